The van der Waals surface area contributed by atoms with E-state index < -0.39 is 0 Å². The van der Waals surface area contributed by atoms with Crippen molar-refractivity contribution in [2.75, 3.05) is 0 Å². The van der Waals surface area contributed by atoms with Gasteiger partial charge in [-0.2, -0.15) is 0 Å². The molecule has 0 saturated heterocycles. The van der Waals surface area contributed by atoms with Crippen LogP contribution in [0.25, 0.3) is 0 Å². The van der Waals surface area contributed by atoms with E-state index in [0.29, 0.717) is 11.3 Å². The smallest absolute Gasteiger partial charge is 0.168 e. The number of aromatic nitrogens is 2. The van der Waals surface area contributed by atoms with Gasteiger partial charge < -0.3 is 0 Å². The highest BCUT2D eigenvalue weighted by atomic mass is 19.1. The fourth-order valence-electron chi connectivity index (χ4n) is 0.577. The molecule has 0 radical (unpaired) electrons. The lowest BCUT2D eigenvalue weighted by molar-refractivity contribution is 0.612. The number of rotatable bonds is 0. The molecule has 0 amide bonds. The summed E-state index contributed by atoms with van der Waals surface area (Å²) < 4.78 is 12.6. The maximum Gasteiger partial charge on any atom is 0.168 e. The second kappa shape index (κ2) is 2.13. The summed E-state index contributed by atoms with van der Waals surface area (Å²) in [6.45, 7) is 1.62. The summed E-state index contributed by atoms with van der Waals surface area (Å²) in [7, 11) is 1.62. The van der Waals surface area contributed by atoms with E-state index >= 15 is 0 Å². The maximum absolute atomic E-state index is 12.6. The lowest BCUT2D eigenvalue weighted by atomic mass is 10.0. The molecular weight excluding hydrogens is 118 g/mol. The van der Waals surface area contributed by atoms with Gasteiger partial charge in [-0.25, -0.2) is 14.4 Å². The van der Waals surface area contributed by atoms with Crippen LogP contribution in [-0.4, -0.2) is 17.8 Å². The molecule has 2 nitrogen and oxygen atoms in total. The second-order valence-electron chi connectivity index (χ2n) is 1.86. The normalized spacial score (nSPS) is 9.56. The third kappa shape index (κ3) is 1.07. The first-order valence-corrected chi connectivity index (χ1v) is 2.65. The molecular formula is C5H6BFN2. The van der Waals surface area contributed by atoms with Crippen molar-refractivity contribution in [3.8, 4) is 0 Å². The Morgan fingerprint density at radius 3 is 2.67 bits per heavy atom. The molecule has 0 aliphatic carbocycles. The first kappa shape index (κ1) is 6.20. The quantitative estimate of drug-likeness (QED) is 0.422. The zero-order valence-electron chi connectivity index (χ0n) is 5.35. The van der Waals surface area contributed by atoms with E-state index in [1.54, 1.807) is 14.8 Å². The Kier molecular flexibility index (Phi) is 1.47. The molecule has 0 bridgehead atoms. The minimum Gasteiger partial charge on any atom is -0.249 e. The molecule has 46 valence electrons. The van der Waals surface area contributed by atoms with Crippen molar-refractivity contribution in [1.29, 1.82) is 0 Å². The SMILES string of the molecule is Bc1ncnc(C)c1F. The van der Waals surface area contributed by atoms with Crippen molar-refractivity contribution in [3.05, 3.63) is 17.8 Å². The van der Waals surface area contributed by atoms with Gasteiger partial charge in [-0.15, -0.1) is 0 Å². The molecule has 0 aliphatic rings. The molecule has 1 heterocycles. The maximum atomic E-state index is 12.6. The van der Waals surface area contributed by atoms with Gasteiger partial charge in [-0.3, -0.25) is 0 Å². The monoisotopic (exact) mass is 124 g/mol. The van der Waals surface area contributed by atoms with Gasteiger partial charge in [-0.1, -0.05) is 0 Å². The van der Waals surface area contributed by atoms with E-state index in [9.17, 15) is 4.39 Å². The highest BCUT2D eigenvalue weighted by Gasteiger charge is 1.99. The van der Waals surface area contributed by atoms with E-state index in [1.807, 2.05) is 0 Å². The van der Waals surface area contributed by atoms with Gasteiger partial charge >= 0.3 is 0 Å². The van der Waals surface area contributed by atoms with Crippen LogP contribution in [0.3, 0.4) is 0 Å². The minimum atomic E-state index is -0.308. The Balaban J connectivity index is 3.25. The summed E-state index contributed by atoms with van der Waals surface area (Å²) in [5.74, 6) is -0.308. The average Bonchev–Trinajstić information content (AvgIpc) is 1.83. The molecule has 1 aromatic heterocycles. The van der Waals surface area contributed by atoms with E-state index in [1.165, 1.54) is 6.33 Å². The first-order chi connectivity index (χ1) is 4.22. The molecule has 4 heteroatoms. The lowest BCUT2D eigenvalue weighted by Crippen LogP contribution is -2.15. The molecule has 0 unspecified atom stereocenters. The molecule has 1 aromatic rings. The summed E-state index contributed by atoms with van der Waals surface area (Å²) in [6, 6.07) is 0. The van der Waals surface area contributed by atoms with Crippen molar-refractivity contribution in [2.45, 2.75) is 6.92 Å². The Bertz CT molecular complexity index is 206. The lowest BCUT2D eigenvalue weighted by Gasteiger charge is -1.94. The van der Waals surface area contributed by atoms with Gasteiger partial charge in [0.25, 0.3) is 0 Å². The average molecular weight is 124 g/mol. The van der Waals surface area contributed by atoms with Crippen LogP contribution in [0.4, 0.5) is 4.39 Å². The summed E-state index contributed by atoms with van der Waals surface area (Å²) in [6.07, 6.45) is 1.35. The Hall–Kier alpha value is -0.925. The van der Waals surface area contributed by atoms with Gasteiger partial charge in [0, 0.05) is 5.59 Å². The van der Waals surface area contributed by atoms with Crippen LogP contribution >= 0.6 is 0 Å². The van der Waals surface area contributed by atoms with Crippen molar-refractivity contribution in [3.63, 3.8) is 0 Å². The van der Waals surface area contributed by atoms with Crippen LogP contribution in [0, 0.1) is 12.7 Å². The third-order valence-electron chi connectivity index (χ3n) is 1.14. The first-order valence-electron chi connectivity index (χ1n) is 2.65. The van der Waals surface area contributed by atoms with Gasteiger partial charge in [-0.05, 0) is 6.92 Å². The summed E-state index contributed by atoms with van der Waals surface area (Å²) in [5, 5.41) is 0. The van der Waals surface area contributed by atoms with Crippen LogP contribution in [0.2, 0.25) is 0 Å². The van der Waals surface area contributed by atoms with E-state index in [2.05, 4.69) is 9.97 Å². The van der Waals surface area contributed by atoms with Gasteiger partial charge in [0.05, 0.1) is 5.69 Å². The molecule has 0 saturated carbocycles. The molecule has 9 heavy (non-hydrogen) atoms. The standard InChI is InChI=1S/C5H6BFN2/c1-3-4(7)5(6)9-2-8-3/h2H,6H2,1H3. The largest absolute Gasteiger partial charge is 0.249 e. The Morgan fingerprint density at radius 1 is 1.56 bits per heavy atom. The number of aryl methyl sites for hydroxylation is 1. The number of hydrogen-bond donors (Lipinski definition) is 0. The van der Waals surface area contributed by atoms with Crippen LogP contribution in [0.5, 0.6) is 0 Å². The predicted octanol–water partition coefficient (Wildman–Crippen LogP) is -0.817. The number of halogens is 1. The third-order valence-corrected chi connectivity index (χ3v) is 1.14. The van der Waals surface area contributed by atoms with Gasteiger partial charge in [0.15, 0.2) is 13.7 Å². The fraction of sp³-hybridized carbons (Fsp3) is 0.200. The van der Waals surface area contributed by atoms with Gasteiger partial charge in [0.1, 0.15) is 6.33 Å². The summed E-state index contributed by atoms with van der Waals surface area (Å²) in [4.78, 5) is 7.31. The molecule has 0 spiro atoms. The zero-order chi connectivity index (χ0) is 6.85. The van der Waals surface area contributed by atoms with Gasteiger partial charge in [0.2, 0.25) is 0 Å². The summed E-state index contributed by atoms with van der Waals surface area (Å²) in [5.41, 5.74) is 0.810. The number of hydrogen-bond acceptors (Lipinski definition) is 2. The topological polar surface area (TPSA) is 25.8 Å². The van der Waals surface area contributed by atoms with Crippen molar-refractivity contribution in [1.82, 2.24) is 9.97 Å². The predicted molar refractivity (Wildman–Crippen MR) is 34.9 cm³/mol. The van der Waals surface area contributed by atoms with Crippen molar-refractivity contribution in [2.24, 2.45) is 0 Å². The molecule has 0 N–H and O–H groups in total. The van der Waals surface area contributed by atoms with Crippen LogP contribution < -0.4 is 5.59 Å². The summed E-state index contributed by atoms with van der Waals surface area (Å²) >= 11 is 0. The zero-order valence-corrected chi connectivity index (χ0v) is 5.35. The van der Waals surface area contributed by atoms with Crippen molar-refractivity contribution >= 4 is 13.4 Å². The van der Waals surface area contributed by atoms with Crippen LogP contribution in [0.1, 0.15) is 5.69 Å². The van der Waals surface area contributed by atoms with E-state index in [0.717, 1.165) is 0 Å². The molecule has 1 rings (SSSR count). The minimum absolute atomic E-state index is 0.308. The van der Waals surface area contributed by atoms with Crippen molar-refractivity contribution < 1.29 is 4.39 Å². The molecule has 0 aliphatic heterocycles. The second-order valence-corrected chi connectivity index (χ2v) is 1.86. The number of nitrogens with zero attached hydrogens (tertiary/aromatic N) is 2. The van der Waals surface area contributed by atoms with Crippen LogP contribution in [-0.2, 0) is 0 Å². The highest BCUT2D eigenvalue weighted by Crippen LogP contribution is 1.92. The fourth-order valence-corrected chi connectivity index (χ4v) is 0.577. The van der Waals surface area contributed by atoms with E-state index in [-0.39, 0.29) is 5.82 Å². The molecule has 0 fully saturated rings. The molecule has 0 atom stereocenters. The highest BCUT2D eigenvalue weighted by molar-refractivity contribution is 6.30. The molecule has 0 aromatic carbocycles. The Morgan fingerprint density at radius 2 is 2.22 bits per heavy atom. The Labute approximate surface area is 53.6 Å². The van der Waals surface area contributed by atoms with Crippen LogP contribution in [0.15, 0.2) is 6.33 Å². The van der Waals surface area contributed by atoms with E-state index in [4.69, 9.17) is 0 Å².